The van der Waals surface area contributed by atoms with Crippen molar-refractivity contribution >= 4 is 5.69 Å². The predicted octanol–water partition coefficient (Wildman–Crippen LogP) is 1.81. The Balaban J connectivity index is 2.26. The van der Waals surface area contributed by atoms with Crippen molar-refractivity contribution in [1.82, 2.24) is 0 Å². The summed E-state index contributed by atoms with van der Waals surface area (Å²) in [5.74, 6) is 1.16. The molecule has 1 aliphatic carbocycles. The third kappa shape index (κ3) is 2.30. The number of nitro benzene ring substituents is 1. The Morgan fingerprint density at radius 2 is 2.25 bits per heavy atom. The number of benzene rings is 1. The van der Waals surface area contributed by atoms with Crippen molar-refractivity contribution in [1.29, 1.82) is 0 Å². The lowest BCUT2D eigenvalue weighted by Gasteiger charge is -2.09. The highest BCUT2D eigenvalue weighted by molar-refractivity contribution is 5.47. The SMILES string of the molecule is NCCOc1ccc([N+](=O)[O-])cc1C1CC1. The van der Waals surface area contributed by atoms with Gasteiger partial charge < -0.3 is 10.5 Å². The Kier molecular flexibility index (Phi) is 3.05. The van der Waals surface area contributed by atoms with Crippen molar-refractivity contribution in [3.63, 3.8) is 0 Å². The van der Waals surface area contributed by atoms with Crippen LogP contribution >= 0.6 is 0 Å². The minimum absolute atomic E-state index is 0.127. The zero-order valence-electron chi connectivity index (χ0n) is 8.89. The molecular weight excluding hydrogens is 208 g/mol. The van der Waals surface area contributed by atoms with E-state index in [9.17, 15) is 10.1 Å². The molecule has 0 bridgehead atoms. The summed E-state index contributed by atoms with van der Waals surface area (Å²) in [4.78, 5) is 10.3. The molecule has 0 radical (unpaired) electrons. The highest BCUT2D eigenvalue weighted by atomic mass is 16.6. The van der Waals surface area contributed by atoms with Crippen molar-refractivity contribution in [2.45, 2.75) is 18.8 Å². The van der Waals surface area contributed by atoms with E-state index in [1.807, 2.05) is 0 Å². The molecule has 1 aromatic rings. The van der Waals surface area contributed by atoms with E-state index in [0.717, 1.165) is 24.2 Å². The van der Waals surface area contributed by atoms with Crippen molar-refractivity contribution in [2.24, 2.45) is 5.73 Å². The van der Waals surface area contributed by atoms with E-state index >= 15 is 0 Å². The number of hydrogen-bond acceptors (Lipinski definition) is 4. The van der Waals surface area contributed by atoms with Gasteiger partial charge in [0.1, 0.15) is 12.4 Å². The molecule has 2 N–H and O–H groups in total. The summed E-state index contributed by atoms with van der Waals surface area (Å²) in [6.07, 6.45) is 2.17. The molecule has 5 nitrogen and oxygen atoms in total. The Labute approximate surface area is 93.4 Å². The van der Waals surface area contributed by atoms with Crippen LogP contribution in [0, 0.1) is 10.1 Å². The van der Waals surface area contributed by atoms with Crippen molar-refractivity contribution in [2.75, 3.05) is 13.2 Å². The average Bonchev–Trinajstić information content (AvgIpc) is 3.09. The molecule has 1 aliphatic rings. The van der Waals surface area contributed by atoms with Crippen LogP contribution in [0.5, 0.6) is 5.75 Å². The van der Waals surface area contributed by atoms with Gasteiger partial charge in [-0.1, -0.05) is 0 Å². The first-order valence-corrected chi connectivity index (χ1v) is 5.33. The number of non-ortho nitro benzene ring substituents is 1. The topological polar surface area (TPSA) is 78.4 Å². The smallest absolute Gasteiger partial charge is 0.269 e. The third-order valence-electron chi connectivity index (χ3n) is 2.60. The minimum atomic E-state index is -0.376. The molecule has 2 rings (SSSR count). The number of nitro groups is 1. The van der Waals surface area contributed by atoms with Crippen LogP contribution in [0.4, 0.5) is 5.69 Å². The predicted molar refractivity (Wildman–Crippen MR) is 59.6 cm³/mol. The van der Waals surface area contributed by atoms with Gasteiger partial charge in [-0.25, -0.2) is 0 Å². The zero-order valence-corrected chi connectivity index (χ0v) is 8.89. The summed E-state index contributed by atoms with van der Waals surface area (Å²) in [5, 5.41) is 10.7. The van der Waals surface area contributed by atoms with Crippen LogP contribution in [0.15, 0.2) is 18.2 Å². The molecule has 1 aromatic carbocycles. The standard InChI is InChI=1S/C11H14N2O3/c12-5-6-16-11-4-3-9(13(14)15)7-10(11)8-1-2-8/h3-4,7-8H,1-2,5-6,12H2. The van der Waals surface area contributed by atoms with E-state index in [2.05, 4.69) is 0 Å². The molecule has 0 unspecified atom stereocenters. The molecule has 0 spiro atoms. The van der Waals surface area contributed by atoms with Crippen molar-refractivity contribution in [3.8, 4) is 5.75 Å². The minimum Gasteiger partial charge on any atom is -0.492 e. The van der Waals surface area contributed by atoms with E-state index in [-0.39, 0.29) is 10.6 Å². The van der Waals surface area contributed by atoms with E-state index in [1.165, 1.54) is 6.07 Å². The lowest BCUT2D eigenvalue weighted by Crippen LogP contribution is -2.11. The zero-order chi connectivity index (χ0) is 11.5. The fraction of sp³-hybridized carbons (Fsp3) is 0.455. The van der Waals surface area contributed by atoms with Crippen LogP contribution in [0.3, 0.4) is 0 Å². The summed E-state index contributed by atoms with van der Waals surface area (Å²) in [5.41, 5.74) is 6.44. The Bertz CT molecular complexity index is 402. The molecule has 0 atom stereocenters. The quantitative estimate of drug-likeness (QED) is 0.608. The number of hydrogen-bond donors (Lipinski definition) is 1. The maximum atomic E-state index is 10.7. The van der Waals surface area contributed by atoms with Crippen LogP contribution < -0.4 is 10.5 Å². The Hall–Kier alpha value is -1.62. The third-order valence-corrected chi connectivity index (χ3v) is 2.60. The number of ether oxygens (including phenoxy) is 1. The Morgan fingerprint density at radius 1 is 1.50 bits per heavy atom. The van der Waals surface area contributed by atoms with Gasteiger partial charge in [0.2, 0.25) is 0 Å². The number of nitrogens with zero attached hydrogens (tertiary/aromatic N) is 1. The molecule has 1 fully saturated rings. The van der Waals surface area contributed by atoms with Gasteiger partial charge in [-0.05, 0) is 24.8 Å². The van der Waals surface area contributed by atoms with Gasteiger partial charge in [0.25, 0.3) is 5.69 Å². The van der Waals surface area contributed by atoms with Gasteiger partial charge in [0.15, 0.2) is 0 Å². The van der Waals surface area contributed by atoms with Gasteiger partial charge in [-0.3, -0.25) is 10.1 Å². The molecule has 1 saturated carbocycles. The van der Waals surface area contributed by atoms with Crippen molar-refractivity contribution in [3.05, 3.63) is 33.9 Å². The molecule has 0 amide bonds. The lowest BCUT2D eigenvalue weighted by molar-refractivity contribution is -0.384. The lowest BCUT2D eigenvalue weighted by atomic mass is 10.1. The molecule has 0 aromatic heterocycles. The van der Waals surface area contributed by atoms with Crippen LogP contribution in [0.1, 0.15) is 24.3 Å². The second-order valence-corrected chi connectivity index (χ2v) is 3.89. The monoisotopic (exact) mass is 222 g/mol. The highest BCUT2D eigenvalue weighted by Gasteiger charge is 2.28. The first-order chi connectivity index (χ1) is 7.72. The van der Waals surface area contributed by atoms with E-state index in [0.29, 0.717) is 19.1 Å². The summed E-state index contributed by atoms with van der Waals surface area (Å²) in [6.45, 7) is 0.888. The fourth-order valence-electron chi connectivity index (χ4n) is 1.66. The summed E-state index contributed by atoms with van der Waals surface area (Å²) in [6, 6.07) is 4.75. The molecule has 0 saturated heterocycles. The normalized spacial score (nSPS) is 14.8. The second kappa shape index (κ2) is 4.49. The molecule has 16 heavy (non-hydrogen) atoms. The molecule has 5 heteroatoms. The highest BCUT2D eigenvalue weighted by Crippen LogP contribution is 2.45. The van der Waals surface area contributed by atoms with Gasteiger partial charge in [0.05, 0.1) is 4.92 Å². The molecule has 0 aliphatic heterocycles. The van der Waals surface area contributed by atoms with E-state index < -0.39 is 0 Å². The van der Waals surface area contributed by atoms with Gasteiger partial charge >= 0.3 is 0 Å². The van der Waals surface area contributed by atoms with Gasteiger partial charge in [-0.15, -0.1) is 0 Å². The van der Waals surface area contributed by atoms with E-state index in [1.54, 1.807) is 12.1 Å². The maximum absolute atomic E-state index is 10.7. The molecule has 86 valence electrons. The van der Waals surface area contributed by atoms with E-state index in [4.69, 9.17) is 10.5 Å². The largest absolute Gasteiger partial charge is 0.492 e. The van der Waals surface area contributed by atoms with Gasteiger partial charge in [-0.2, -0.15) is 0 Å². The summed E-state index contributed by atoms with van der Waals surface area (Å²) in [7, 11) is 0. The number of nitrogens with two attached hydrogens (primary N) is 1. The number of rotatable bonds is 5. The van der Waals surface area contributed by atoms with Crippen LogP contribution in [-0.4, -0.2) is 18.1 Å². The first-order valence-electron chi connectivity index (χ1n) is 5.33. The van der Waals surface area contributed by atoms with Crippen LogP contribution in [0.25, 0.3) is 0 Å². The summed E-state index contributed by atoms with van der Waals surface area (Å²) < 4.78 is 5.47. The second-order valence-electron chi connectivity index (χ2n) is 3.89. The first kappa shape index (κ1) is 10.9. The molecular formula is C11H14N2O3. The van der Waals surface area contributed by atoms with Gasteiger partial charge in [0, 0.05) is 24.2 Å². The average molecular weight is 222 g/mol. The van der Waals surface area contributed by atoms with Crippen molar-refractivity contribution < 1.29 is 9.66 Å². The summed E-state index contributed by atoms with van der Waals surface area (Å²) >= 11 is 0. The molecule has 0 heterocycles. The van der Waals surface area contributed by atoms with Crippen LogP contribution in [0.2, 0.25) is 0 Å². The maximum Gasteiger partial charge on any atom is 0.269 e. The Morgan fingerprint density at radius 3 is 2.81 bits per heavy atom. The van der Waals surface area contributed by atoms with Crippen LogP contribution in [-0.2, 0) is 0 Å². The fourth-order valence-corrected chi connectivity index (χ4v) is 1.66.